The lowest BCUT2D eigenvalue weighted by molar-refractivity contribution is -0.281. The number of aliphatic hydroxyl groups excluding tert-OH is 3. The van der Waals surface area contributed by atoms with E-state index in [-0.39, 0.29) is 0 Å². The van der Waals surface area contributed by atoms with E-state index in [1.54, 1.807) is 6.08 Å². The van der Waals surface area contributed by atoms with Gasteiger partial charge in [0.05, 0.1) is 6.10 Å². The van der Waals surface area contributed by atoms with E-state index in [1.165, 1.54) is 13.0 Å². The summed E-state index contributed by atoms with van der Waals surface area (Å²) in [6.45, 7) is 1.50. The number of carbonyl (C=O) groups excluding carboxylic acids is 1. The quantitative estimate of drug-likeness (QED) is 0.539. The lowest BCUT2D eigenvalue weighted by atomic mass is 10.00. The zero-order valence-corrected chi connectivity index (χ0v) is 11.5. The predicted molar refractivity (Wildman–Crippen MR) is 73.9 cm³/mol. The smallest absolute Gasteiger partial charge is 0.331 e. The first-order valence-corrected chi connectivity index (χ1v) is 6.62. The molecule has 1 aromatic carbocycles. The van der Waals surface area contributed by atoms with Crippen molar-refractivity contribution >= 4 is 12.0 Å². The van der Waals surface area contributed by atoms with E-state index in [9.17, 15) is 20.1 Å². The van der Waals surface area contributed by atoms with Crippen LogP contribution in [0.4, 0.5) is 0 Å². The Balaban J connectivity index is 1.97. The summed E-state index contributed by atoms with van der Waals surface area (Å²) in [6, 6.07) is 9.12. The average molecular weight is 294 g/mol. The minimum atomic E-state index is -1.48. The molecule has 2 rings (SSSR count). The Morgan fingerprint density at radius 3 is 2.52 bits per heavy atom. The van der Waals surface area contributed by atoms with E-state index in [0.717, 1.165) is 5.56 Å². The molecule has 114 valence electrons. The minimum absolute atomic E-state index is 0.743. The summed E-state index contributed by atoms with van der Waals surface area (Å²) < 4.78 is 9.93. The number of rotatable bonds is 3. The summed E-state index contributed by atoms with van der Waals surface area (Å²) in [4.78, 5) is 11.7. The molecule has 1 heterocycles. The molecule has 0 spiro atoms. The fourth-order valence-electron chi connectivity index (χ4n) is 2.05. The van der Waals surface area contributed by atoms with E-state index in [4.69, 9.17) is 9.47 Å². The van der Waals surface area contributed by atoms with Crippen LogP contribution < -0.4 is 0 Å². The van der Waals surface area contributed by atoms with E-state index in [0.29, 0.717) is 0 Å². The highest BCUT2D eigenvalue weighted by molar-refractivity contribution is 5.87. The Morgan fingerprint density at radius 2 is 1.86 bits per heavy atom. The van der Waals surface area contributed by atoms with Crippen LogP contribution in [-0.2, 0) is 14.3 Å². The molecule has 0 aromatic heterocycles. The van der Waals surface area contributed by atoms with Gasteiger partial charge in [0.1, 0.15) is 12.2 Å². The molecule has 6 nitrogen and oxygen atoms in total. The van der Waals surface area contributed by atoms with Gasteiger partial charge in [0.2, 0.25) is 0 Å². The van der Waals surface area contributed by atoms with Crippen molar-refractivity contribution in [2.45, 2.75) is 37.6 Å². The Hall–Kier alpha value is -1.73. The lowest BCUT2D eigenvalue weighted by Gasteiger charge is -2.38. The van der Waals surface area contributed by atoms with Crippen LogP contribution in [0.25, 0.3) is 6.08 Å². The van der Waals surface area contributed by atoms with E-state index in [1.807, 2.05) is 30.3 Å². The maximum Gasteiger partial charge on any atom is 0.331 e. The summed E-state index contributed by atoms with van der Waals surface area (Å²) in [7, 11) is 0. The molecular weight excluding hydrogens is 276 g/mol. The van der Waals surface area contributed by atoms with Gasteiger partial charge in [-0.25, -0.2) is 4.79 Å². The molecule has 0 saturated carbocycles. The molecule has 1 fully saturated rings. The van der Waals surface area contributed by atoms with Crippen molar-refractivity contribution in [2.24, 2.45) is 0 Å². The molecule has 0 amide bonds. The van der Waals surface area contributed by atoms with Crippen molar-refractivity contribution in [1.82, 2.24) is 0 Å². The molecule has 1 aliphatic heterocycles. The van der Waals surface area contributed by atoms with Crippen molar-refractivity contribution in [3.63, 3.8) is 0 Å². The van der Waals surface area contributed by atoms with Crippen LogP contribution in [0.3, 0.4) is 0 Å². The molecule has 21 heavy (non-hydrogen) atoms. The van der Waals surface area contributed by atoms with Crippen molar-refractivity contribution in [3.8, 4) is 0 Å². The van der Waals surface area contributed by atoms with E-state index >= 15 is 0 Å². The number of benzene rings is 1. The first-order chi connectivity index (χ1) is 9.99. The third-order valence-electron chi connectivity index (χ3n) is 3.27. The Kier molecular flexibility index (Phi) is 5.08. The molecule has 6 heteroatoms. The second-order valence-electron chi connectivity index (χ2n) is 4.86. The van der Waals surface area contributed by atoms with Gasteiger partial charge in [-0.15, -0.1) is 0 Å². The first kappa shape index (κ1) is 15.7. The zero-order chi connectivity index (χ0) is 15.4. The maximum atomic E-state index is 11.7. The van der Waals surface area contributed by atoms with Crippen LogP contribution in [0.2, 0.25) is 0 Å². The highest BCUT2D eigenvalue weighted by Gasteiger charge is 2.44. The highest BCUT2D eigenvalue weighted by Crippen LogP contribution is 2.22. The molecule has 1 aromatic rings. The third kappa shape index (κ3) is 3.89. The molecule has 0 aliphatic carbocycles. The average Bonchev–Trinajstić information content (AvgIpc) is 2.48. The van der Waals surface area contributed by atoms with Gasteiger partial charge in [0.15, 0.2) is 12.4 Å². The lowest BCUT2D eigenvalue weighted by Crippen LogP contribution is -2.57. The Bertz CT molecular complexity index is 500. The van der Waals surface area contributed by atoms with Crippen molar-refractivity contribution < 1.29 is 29.6 Å². The molecule has 3 N–H and O–H groups in total. The van der Waals surface area contributed by atoms with Gasteiger partial charge in [-0.05, 0) is 18.6 Å². The fourth-order valence-corrected chi connectivity index (χ4v) is 2.05. The number of esters is 1. The fraction of sp³-hybridized carbons (Fsp3) is 0.400. The Morgan fingerprint density at radius 1 is 1.19 bits per heavy atom. The molecule has 0 radical (unpaired) electrons. The maximum absolute atomic E-state index is 11.7. The normalized spacial score (nSPS) is 33.0. The number of aliphatic hydroxyl groups is 3. The molecule has 5 atom stereocenters. The summed E-state index contributed by atoms with van der Waals surface area (Å²) in [5.41, 5.74) is 0.809. The van der Waals surface area contributed by atoms with Crippen molar-refractivity contribution in [3.05, 3.63) is 42.0 Å². The predicted octanol–water partition coefficient (Wildman–Crippen LogP) is 0.0705. The summed E-state index contributed by atoms with van der Waals surface area (Å²) in [6.07, 6.45) is -3.47. The van der Waals surface area contributed by atoms with Crippen LogP contribution in [0.1, 0.15) is 12.5 Å². The molecule has 0 bridgehead atoms. The summed E-state index contributed by atoms with van der Waals surface area (Å²) in [5.74, 6) is -0.743. The third-order valence-corrected chi connectivity index (χ3v) is 3.27. The van der Waals surface area contributed by atoms with Crippen LogP contribution in [-0.4, -0.2) is 52.0 Å². The largest absolute Gasteiger partial charge is 0.451 e. The van der Waals surface area contributed by atoms with Crippen LogP contribution in [0.5, 0.6) is 0 Å². The second-order valence-corrected chi connectivity index (χ2v) is 4.86. The minimum Gasteiger partial charge on any atom is -0.451 e. The second kappa shape index (κ2) is 6.82. The molecule has 0 unspecified atom stereocenters. The monoisotopic (exact) mass is 294 g/mol. The molecule has 1 aliphatic rings. The van der Waals surface area contributed by atoms with Crippen LogP contribution in [0, 0.1) is 0 Å². The first-order valence-electron chi connectivity index (χ1n) is 6.62. The van der Waals surface area contributed by atoms with Gasteiger partial charge >= 0.3 is 5.97 Å². The van der Waals surface area contributed by atoms with E-state index in [2.05, 4.69) is 0 Å². The van der Waals surface area contributed by atoms with Gasteiger partial charge in [0.25, 0.3) is 0 Å². The number of hydrogen-bond acceptors (Lipinski definition) is 6. The van der Waals surface area contributed by atoms with Gasteiger partial charge in [-0.1, -0.05) is 30.3 Å². The number of hydrogen-bond donors (Lipinski definition) is 3. The summed E-state index contributed by atoms with van der Waals surface area (Å²) >= 11 is 0. The van der Waals surface area contributed by atoms with E-state index < -0.39 is 36.7 Å². The van der Waals surface area contributed by atoms with Gasteiger partial charge in [0, 0.05) is 6.08 Å². The van der Waals surface area contributed by atoms with Gasteiger partial charge in [-0.2, -0.15) is 0 Å². The van der Waals surface area contributed by atoms with Gasteiger partial charge in [-0.3, -0.25) is 0 Å². The van der Waals surface area contributed by atoms with Crippen molar-refractivity contribution in [1.29, 1.82) is 0 Å². The van der Waals surface area contributed by atoms with Crippen LogP contribution >= 0.6 is 0 Å². The number of ether oxygens (including phenoxy) is 2. The zero-order valence-electron chi connectivity index (χ0n) is 11.5. The molecular formula is C15H18O6. The van der Waals surface area contributed by atoms with Crippen molar-refractivity contribution in [2.75, 3.05) is 0 Å². The SMILES string of the molecule is C[C@@H]1O[C@@H](O)[C@H](OC(=O)C=Cc2ccccc2)[C@H](O)[C@H]1O. The topological polar surface area (TPSA) is 96.2 Å². The van der Waals surface area contributed by atoms with Gasteiger partial charge < -0.3 is 24.8 Å². The standard InChI is InChI=1S/C15H18O6/c1-9-12(17)13(18)14(15(19)20-9)21-11(16)8-7-10-5-3-2-4-6-10/h2-9,12-15,17-19H,1H3/t9-,12-,13+,14+,15+/m0/s1. The Labute approximate surface area is 122 Å². The number of carbonyl (C=O) groups is 1. The molecule has 1 saturated heterocycles. The highest BCUT2D eigenvalue weighted by atomic mass is 16.7. The summed E-state index contributed by atoms with van der Waals surface area (Å²) in [5, 5.41) is 29.1. The van der Waals surface area contributed by atoms with Crippen LogP contribution in [0.15, 0.2) is 36.4 Å².